The Morgan fingerprint density at radius 1 is 1.41 bits per heavy atom. The van der Waals surface area contributed by atoms with Crippen molar-refractivity contribution in [2.45, 2.75) is 24.4 Å². The molecule has 118 valence electrons. The van der Waals surface area contributed by atoms with Crippen LogP contribution in [-0.4, -0.2) is 35.5 Å². The van der Waals surface area contributed by atoms with Crippen molar-refractivity contribution in [2.24, 2.45) is 7.05 Å². The van der Waals surface area contributed by atoms with Crippen LogP contribution in [0.4, 0.5) is 0 Å². The second kappa shape index (κ2) is 5.43. The molecule has 1 aromatic heterocycles. The van der Waals surface area contributed by atoms with Crippen LogP contribution in [0.2, 0.25) is 0 Å². The van der Waals surface area contributed by atoms with Crippen LogP contribution in [0.1, 0.15) is 24.2 Å². The molecular weight excluding hydrogens is 370 g/mol. The largest absolute Gasteiger partial charge is 0.267 e. The Hall–Kier alpha value is -1.25. The van der Waals surface area contributed by atoms with Gasteiger partial charge in [0.05, 0.1) is 17.8 Å². The molecule has 6 nitrogen and oxygen atoms in total. The average Bonchev–Trinajstić information content (AvgIpc) is 2.79. The van der Waals surface area contributed by atoms with Crippen LogP contribution in [0.25, 0.3) is 0 Å². The fourth-order valence-corrected chi connectivity index (χ4v) is 3.95. The molecule has 0 spiro atoms. The highest BCUT2D eigenvalue weighted by Crippen LogP contribution is 2.49. The molecule has 1 saturated carbocycles. The van der Waals surface area contributed by atoms with Crippen molar-refractivity contribution in [1.82, 2.24) is 14.8 Å². The van der Waals surface area contributed by atoms with Crippen LogP contribution >= 0.6 is 15.9 Å². The van der Waals surface area contributed by atoms with Gasteiger partial charge in [0, 0.05) is 11.5 Å². The lowest BCUT2D eigenvalue weighted by atomic mass is 9.62. The third kappa shape index (κ3) is 2.95. The summed E-state index contributed by atoms with van der Waals surface area (Å²) in [5.74, 6) is 0.696. The van der Waals surface area contributed by atoms with Crippen molar-refractivity contribution in [1.29, 1.82) is 0 Å². The topological polar surface area (TPSA) is 74.1 Å². The first-order chi connectivity index (χ1) is 10.3. The summed E-state index contributed by atoms with van der Waals surface area (Å²) in [7, 11) is -1.64. The normalized spacial score (nSPS) is 25.0. The van der Waals surface area contributed by atoms with Crippen molar-refractivity contribution >= 4 is 26.0 Å². The van der Waals surface area contributed by atoms with Gasteiger partial charge >= 0.3 is 0 Å². The summed E-state index contributed by atoms with van der Waals surface area (Å²) in [6, 6.07) is 7.94. The van der Waals surface area contributed by atoms with Gasteiger partial charge in [0.25, 0.3) is 10.1 Å². The molecule has 0 bridgehead atoms. The summed E-state index contributed by atoms with van der Waals surface area (Å²) in [6.07, 6.45) is 3.48. The molecule has 2 aromatic rings. The molecule has 0 aliphatic heterocycles. The Kier molecular flexibility index (Phi) is 3.86. The first-order valence-corrected chi connectivity index (χ1v) is 9.40. The highest BCUT2D eigenvalue weighted by Gasteiger charge is 2.51. The predicted molar refractivity (Wildman–Crippen MR) is 84.9 cm³/mol. The van der Waals surface area contributed by atoms with E-state index in [4.69, 9.17) is 4.18 Å². The van der Waals surface area contributed by atoms with E-state index in [9.17, 15) is 8.42 Å². The van der Waals surface area contributed by atoms with Crippen molar-refractivity contribution in [2.75, 3.05) is 6.26 Å². The number of halogens is 1. The van der Waals surface area contributed by atoms with Gasteiger partial charge in [-0.15, -0.1) is 0 Å². The van der Waals surface area contributed by atoms with E-state index in [1.54, 1.807) is 11.0 Å². The molecule has 22 heavy (non-hydrogen) atoms. The van der Waals surface area contributed by atoms with Crippen LogP contribution in [0.5, 0.6) is 0 Å². The zero-order chi connectivity index (χ0) is 16.0. The molecule has 1 aromatic carbocycles. The Morgan fingerprint density at radius 2 is 2.14 bits per heavy atom. The van der Waals surface area contributed by atoms with E-state index in [0.29, 0.717) is 18.7 Å². The molecule has 1 aliphatic carbocycles. The highest BCUT2D eigenvalue weighted by atomic mass is 79.9. The first kappa shape index (κ1) is 15.6. The summed E-state index contributed by atoms with van der Waals surface area (Å²) in [6.45, 7) is 0. The minimum Gasteiger partial charge on any atom is -0.267 e. The third-order valence-corrected chi connectivity index (χ3v) is 4.98. The van der Waals surface area contributed by atoms with Crippen LogP contribution in [-0.2, 0) is 26.8 Å². The number of hydrogen-bond donors (Lipinski definition) is 0. The van der Waals surface area contributed by atoms with Crippen LogP contribution in [0.3, 0.4) is 0 Å². The monoisotopic (exact) mass is 385 g/mol. The number of nitrogens with zero attached hydrogens (tertiary/aromatic N) is 3. The first-order valence-electron chi connectivity index (χ1n) is 6.79. The number of hydrogen-bond acceptors (Lipinski definition) is 5. The van der Waals surface area contributed by atoms with E-state index in [1.807, 2.05) is 31.3 Å². The predicted octanol–water partition coefficient (Wildman–Crippen LogP) is 2.00. The van der Waals surface area contributed by atoms with Crippen LogP contribution in [0.15, 0.2) is 35.1 Å². The molecule has 0 amide bonds. The molecular formula is C14H16BrN3O3S. The van der Waals surface area contributed by atoms with Crippen molar-refractivity contribution in [3.05, 3.63) is 46.5 Å². The second-order valence-electron chi connectivity index (χ2n) is 5.66. The minimum absolute atomic E-state index is 0.335. The van der Waals surface area contributed by atoms with Gasteiger partial charge in [0.15, 0.2) is 5.82 Å². The fourth-order valence-electron chi connectivity index (χ4n) is 2.92. The molecule has 3 rings (SSSR count). The van der Waals surface area contributed by atoms with Gasteiger partial charge in [0.1, 0.15) is 6.33 Å². The lowest BCUT2D eigenvalue weighted by molar-refractivity contribution is 0.0614. The lowest BCUT2D eigenvalue weighted by Gasteiger charge is -2.45. The quantitative estimate of drug-likeness (QED) is 0.752. The third-order valence-electron chi connectivity index (χ3n) is 3.87. The highest BCUT2D eigenvalue weighted by molar-refractivity contribution is 9.10. The Balaban J connectivity index is 1.96. The van der Waals surface area contributed by atoms with Gasteiger partial charge in [-0.3, -0.25) is 8.86 Å². The van der Waals surface area contributed by atoms with E-state index >= 15 is 0 Å². The molecule has 1 heterocycles. The smallest absolute Gasteiger partial charge is 0.264 e. The molecule has 0 saturated heterocycles. The zero-order valence-corrected chi connectivity index (χ0v) is 14.6. The zero-order valence-electron chi connectivity index (χ0n) is 12.2. The summed E-state index contributed by atoms with van der Waals surface area (Å²) in [5.41, 5.74) is 0.654. The van der Waals surface area contributed by atoms with Gasteiger partial charge in [-0.1, -0.05) is 28.1 Å². The molecule has 0 unspecified atom stereocenters. The molecule has 0 atom stereocenters. The number of aryl methyl sites for hydroxylation is 1. The van der Waals surface area contributed by atoms with E-state index in [2.05, 4.69) is 26.0 Å². The number of aromatic nitrogens is 3. The van der Waals surface area contributed by atoms with Crippen LogP contribution in [0, 0.1) is 0 Å². The van der Waals surface area contributed by atoms with Gasteiger partial charge in [-0.05, 0) is 30.5 Å². The van der Waals surface area contributed by atoms with Crippen LogP contribution < -0.4 is 0 Å². The van der Waals surface area contributed by atoms with Gasteiger partial charge in [0.2, 0.25) is 0 Å². The maximum Gasteiger partial charge on any atom is 0.264 e. The van der Waals surface area contributed by atoms with Gasteiger partial charge < -0.3 is 0 Å². The van der Waals surface area contributed by atoms with Crippen molar-refractivity contribution < 1.29 is 12.6 Å². The second-order valence-corrected chi connectivity index (χ2v) is 8.18. The molecule has 0 N–H and O–H groups in total. The summed E-state index contributed by atoms with van der Waals surface area (Å²) >= 11 is 3.48. The number of rotatable bonds is 4. The van der Waals surface area contributed by atoms with E-state index in [-0.39, 0.29) is 6.10 Å². The van der Waals surface area contributed by atoms with Gasteiger partial charge in [-0.2, -0.15) is 13.5 Å². The lowest BCUT2D eigenvalue weighted by Crippen LogP contribution is -2.48. The standard InChI is InChI=1S/C14H16BrN3O3S/c1-18-9-16-13(17-18)14(10-4-3-5-11(15)6-10)7-12(8-14)21-22(2,19)20/h3-6,9,12H,7-8H2,1-2H3. The molecule has 8 heteroatoms. The number of benzene rings is 1. The minimum atomic E-state index is -3.46. The summed E-state index contributed by atoms with van der Waals surface area (Å²) in [4.78, 5) is 4.38. The maximum atomic E-state index is 11.3. The molecule has 1 aliphatic rings. The Labute approximate surface area is 137 Å². The van der Waals surface area contributed by atoms with Crippen molar-refractivity contribution in [3.8, 4) is 0 Å². The summed E-state index contributed by atoms with van der Waals surface area (Å²) in [5, 5.41) is 4.43. The van der Waals surface area contributed by atoms with Gasteiger partial charge in [-0.25, -0.2) is 4.98 Å². The Bertz CT molecular complexity index is 797. The Morgan fingerprint density at radius 3 is 2.68 bits per heavy atom. The van der Waals surface area contributed by atoms with E-state index < -0.39 is 15.5 Å². The maximum absolute atomic E-state index is 11.3. The molecule has 0 radical (unpaired) electrons. The van der Waals surface area contributed by atoms with Crippen molar-refractivity contribution in [3.63, 3.8) is 0 Å². The summed E-state index contributed by atoms with van der Waals surface area (Å²) < 4.78 is 30.3. The van der Waals surface area contributed by atoms with E-state index in [1.165, 1.54) is 0 Å². The molecule has 1 fully saturated rings. The van der Waals surface area contributed by atoms with E-state index in [0.717, 1.165) is 16.3 Å². The average molecular weight is 386 g/mol. The fraction of sp³-hybridized carbons (Fsp3) is 0.429. The SMILES string of the molecule is Cn1cnc(C2(c3cccc(Br)c3)CC(OS(C)(=O)=O)C2)n1.